The second kappa shape index (κ2) is 11.7. The molecule has 10 nitrogen and oxygen atoms in total. The third-order valence-corrected chi connectivity index (χ3v) is 6.84. The molecule has 0 fully saturated rings. The Bertz CT molecular complexity index is 1300. The van der Waals surface area contributed by atoms with Crippen LogP contribution in [0.15, 0.2) is 42.5 Å². The summed E-state index contributed by atoms with van der Waals surface area (Å²) in [7, 11) is -2.12. The summed E-state index contributed by atoms with van der Waals surface area (Å²) in [5.41, 5.74) is -0.424. The van der Waals surface area contributed by atoms with Gasteiger partial charge in [0.15, 0.2) is 0 Å². The minimum atomic E-state index is -4.49. The Morgan fingerprint density at radius 2 is 1.82 bits per heavy atom. The van der Waals surface area contributed by atoms with Crippen molar-refractivity contribution in [1.82, 2.24) is 9.80 Å². The lowest BCUT2D eigenvalue weighted by Gasteiger charge is -2.38. The first-order valence-electron chi connectivity index (χ1n) is 12.0. The van der Waals surface area contributed by atoms with Gasteiger partial charge in [-0.1, -0.05) is 6.92 Å². The summed E-state index contributed by atoms with van der Waals surface area (Å²) in [6.45, 7) is 3.40. The maximum Gasteiger partial charge on any atom is 0.416 e. The third kappa shape index (κ3) is 7.76. The molecular formula is C25H31F3N4O6S. The molecule has 1 heterocycles. The molecule has 3 atom stereocenters. The van der Waals surface area contributed by atoms with Crippen molar-refractivity contribution in [3.63, 3.8) is 0 Å². The van der Waals surface area contributed by atoms with Gasteiger partial charge in [0.1, 0.15) is 11.9 Å². The second-order valence-electron chi connectivity index (χ2n) is 9.59. The summed E-state index contributed by atoms with van der Waals surface area (Å²) in [4.78, 5) is 29.0. The van der Waals surface area contributed by atoms with Gasteiger partial charge >= 0.3 is 12.2 Å². The summed E-state index contributed by atoms with van der Waals surface area (Å²) in [6.07, 6.45) is -4.15. The number of ether oxygens (including phenoxy) is 1. The van der Waals surface area contributed by atoms with Crippen LogP contribution in [0, 0.1) is 5.92 Å². The van der Waals surface area contributed by atoms with Gasteiger partial charge in [-0.3, -0.25) is 9.52 Å². The summed E-state index contributed by atoms with van der Waals surface area (Å²) < 4.78 is 70.3. The smallest absolute Gasteiger partial charge is 0.416 e. The lowest BCUT2D eigenvalue weighted by molar-refractivity contribution is -0.137. The molecule has 0 radical (unpaired) electrons. The van der Waals surface area contributed by atoms with Gasteiger partial charge in [0, 0.05) is 30.9 Å². The normalized spacial score (nSPS) is 18.8. The third-order valence-electron chi connectivity index (χ3n) is 6.23. The number of alkyl halides is 3. The van der Waals surface area contributed by atoms with Gasteiger partial charge in [0.05, 0.1) is 36.6 Å². The predicted molar refractivity (Wildman–Crippen MR) is 139 cm³/mol. The van der Waals surface area contributed by atoms with E-state index in [-0.39, 0.29) is 48.3 Å². The average molecular weight is 573 g/mol. The van der Waals surface area contributed by atoms with Crippen LogP contribution in [0.4, 0.5) is 29.3 Å². The average Bonchev–Trinajstić information content (AvgIpc) is 2.84. The molecule has 0 spiro atoms. The fraction of sp³-hybridized carbons (Fsp3) is 0.440. The van der Waals surface area contributed by atoms with Crippen LogP contribution in [-0.2, 0) is 16.2 Å². The Morgan fingerprint density at radius 1 is 1.21 bits per heavy atom. The molecule has 3 N–H and O–H groups in total. The second-order valence-corrected chi connectivity index (χ2v) is 11.3. The van der Waals surface area contributed by atoms with Gasteiger partial charge < -0.3 is 25.0 Å². The highest BCUT2D eigenvalue weighted by molar-refractivity contribution is 7.92. The lowest BCUT2D eigenvalue weighted by Crippen LogP contribution is -2.50. The van der Waals surface area contributed by atoms with Crippen molar-refractivity contribution in [3.8, 4) is 5.75 Å². The number of benzene rings is 2. The number of rotatable bonds is 7. The first kappa shape index (κ1) is 30.0. The summed E-state index contributed by atoms with van der Waals surface area (Å²) in [5.74, 6) is -0.601. The molecule has 39 heavy (non-hydrogen) atoms. The molecule has 0 aliphatic carbocycles. The van der Waals surface area contributed by atoms with Crippen molar-refractivity contribution in [1.29, 1.82) is 0 Å². The maximum absolute atomic E-state index is 13.4. The number of aliphatic hydroxyl groups excluding tert-OH is 1. The summed E-state index contributed by atoms with van der Waals surface area (Å²) >= 11 is 0. The number of nitrogens with zero attached hydrogens (tertiary/aromatic N) is 2. The molecule has 214 valence electrons. The number of nitrogens with one attached hydrogen (secondary N) is 2. The zero-order chi connectivity index (χ0) is 29.1. The fourth-order valence-corrected chi connectivity index (χ4v) is 4.59. The van der Waals surface area contributed by atoms with E-state index in [4.69, 9.17) is 4.74 Å². The minimum Gasteiger partial charge on any atom is -0.487 e. The highest BCUT2D eigenvalue weighted by atomic mass is 32.2. The topological polar surface area (TPSA) is 128 Å². The Hall–Kier alpha value is -3.52. The molecule has 1 aliphatic rings. The van der Waals surface area contributed by atoms with Crippen molar-refractivity contribution >= 4 is 33.3 Å². The van der Waals surface area contributed by atoms with Gasteiger partial charge in [0.25, 0.3) is 5.91 Å². The number of amides is 3. The van der Waals surface area contributed by atoms with Crippen molar-refractivity contribution in [2.45, 2.75) is 32.2 Å². The Balaban J connectivity index is 1.84. The standard InChI is InChI=1S/C25H31F3N4O6S/c1-15-12-32(16(2)14-33)23(34)20-11-19(30-39(4,36)37)9-10-21(20)38-22(15)13-31(3)24(35)29-18-7-5-17(6-8-18)25(26,27)28/h5-11,15-16,22,30,33H,12-14H2,1-4H3,(H,29,35)/t15-,16-,22+/m0/s1. The molecule has 0 unspecified atom stereocenters. The zero-order valence-corrected chi connectivity index (χ0v) is 22.6. The first-order valence-corrected chi connectivity index (χ1v) is 13.9. The highest BCUT2D eigenvalue weighted by Crippen LogP contribution is 2.32. The van der Waals surface area contributed by atoms with Crippen LogP contribution >= 0.6 is 0 Å². The number of hydrogen-bond donors (Lipinski definition) is 3. The van der Waals surface area contributed by atoms with Crippen molar-refractivity contribution < 1.29 is 41.0 Å². The number of hydrogen-bond acceptors (Lipinski definition) is 6. The molecule has 0 aromatic heterocycles. The number of likely N-dealkylation sites (N-methyl/N-ethyl adjacent to an activating group) is 1. The summed E-state index contributed by atoms with van der Waals surface area (Å²) in [6, 6.07) is 7.15. The molecule has 0 bridgehead atoms. The van der Waals surface area contributed by atoms with E-state index in [1.165, 1.54) is 35.0 Å². The monoisotopic (exact) mass is 572 g/mol. The van der Waals surface area contributed by atoms with Crippen molar-refractivity contribution in [2.24, 2.45) is 5.92 Å². The van der Waals surface area contributed by atoms with Crippen LogP contribution in [0.5, 0.6) is 5.75 Å². The van der Waals surface area contributed by atoms with Gasteiger partial charge in [-0.15, -0.1) is 0 Å². The molecule has 14 heteroatoms. The van der Waals surface area contributed by atoms with Gasteiger partial charge in [-0.05, 0) is 49.4 Å². The molecule has 0 saturated carbocycles. The van der Waals surface area contributed by atoms with Crippen LogP contribution in [0.25, 0.3) is 0 Å². The van der Waals surface area contributed by atoms with Crippen molar-refractivity contribution in [3.05, 3.63) is 53.6 Å². The Labute approximate surface area is 224 Å². The fourth-order valence-electron chi connectivity index (χ4n) is 4.03. The number of anilines is 2. The maximum atomic E-state index is 13.4. The van der Waals surface area contributed by atoms with E-state index in [1.54, 1.807) is 6.92 Å². The van der Waals surface area contributed by atoms with E-state index in [9.17, 15) is 36.3 Å². The van der Waals surface area contributed by atoms with Crippen LogP contribution < -0.4 is 14.8 Å². The number of aliphatic hydroxyl groups is 1. The van der Waals surface area contributed by atoms with E-state index < -0.39 is 45.8 Å². The Kier molecular flexibility index (Phi) is 9.01. The molecule has 0 saturated heterocycles. The SMILES string of the molecule is C[C@H]1CN([C@@H](C)CO)C(=O)c2cc(NS(C)(=O)=O)ccc2O[C@@H]1CN(C)C(=O)Nc1ccc(C(F)(F)F)cc1. The van der Waals surface area contributed by atoms with Crippen LogP contribution in [-0.4, -0.2) is 80.4 Å². The molecule has 3 amide bonds. The molecular weight excluding hydrogens is 541 g/mol. The molecule has 3 rings (SSSR count). The Morgan fingerprint density at radius 3 is 2.38 bits per heavy atom. The van der Waals surface area contributed by atoms with E-state index in [2.05, 4.69) is 10.0 Å². The largest absolute Gasteiger partial charge is 0.487 e. The van der Waals surface area contributed by atoms with E-state index in [0.717, 1.165) is 30.5 Å². The number of urea groups is 1. The van der Waals surface area contributed by atoms with E-state index in [0.29, 0.717) is 0 Å². The number of carbonyl (C=O) groups excluding carboxylic acids is 2. The van der Waals surface area contributed by atoms with E-state index in [1.807, 2.05) is 6.92 Å². The zero-order valence-electron chi connectivity index (χ0n) is 21.8. The molecule has 2 aromatic carbocycles. The summed E-state index contributed by atoms with van der Waals surface area (Å²) in [5, 5.41) is 12.3. The predicted octanol–water partition coefficient (Wildman–Crippen LogP) is 3.46. The number of carbonyl (C=O) groups is 2. The van der Waals surface area contributed by atoms with Gasteiger partial charge in [0.2, 0.25) is 10.0 Å². The van der Waals surface area contributed by atoms with Crippen LogP contribution in [0.3, 0.4) is 0 Å². The molecule has 1 aliphatic heterocycles. The number of halogens is 3. The number of sulfonamides is 1. The minimum absolute atomic E-state index is 0.0476. The van der Waals surface area contributed by atoms with Crippen LogP contribution in [0.2, 0.25) is 0 Å². The number of fused-ring (bicyclic) bond motifs is 1. The van der Waals surface area contributed by atoms with E-state index >= 15 is 0 Å². The molecule has 2 aromatic rings. The van der Waals surface area contributed by atoms with Gasteiger partial charge in [-0.25, -0.2) is 13.2 Å². The highest BCUT2D eigenvalue weighted by Gasteiger charge is 2.34. The van der Waals surface area contributed by atoms with Crippen LogP contribution in [0.1, 0.15) is 29.8 Å². The quantitative estimate of drug-likeness (QED) is 0.466. The first-order chi connectivity index (χ1) is 18.1. The lowest BCUT2D eigenvalue weighted by atomic mass is 9.99. The van der Waals surface area contributed by atoms with Crippen molar-refractivity contribution in [2.75, 3.05) is 43.0 Å². The van der Waals surface area contributed by atoms with Gasteiger partial charge in [-0.2, -0.15) is 13.2 Å².